The molecule has 0 aliphatic heterocycles. The van der Waals surface area contributed by atoms with Gasteiger partial charge in [-0.1, -0.05) is 68.8 Å². The van der Waals surface area contributed by atoms with Gasteiger partial charge in [-0.3, -0.25) is 4.21 Å². The van der Waals surface area contributed by atoms with Crippen molar-refractivity contribution in [3.63, 3.8) is 0 Å². The lowest BCUT2D eigenvalue weighted by molar-refractivity contribution is 0.153. The standard InChI is InChI=1S/C20H26O2S/c1-15-10-12-17(13-11-15)23(22)18(14-20(2,3)4)19(21)16-8-6-5-7-9-16/h5-13,18-19,21H,14H2,1-4H3/t18-,19+,23+/m1/s1. The van der Waals surface area contributed by atoms with Crippen molar-refractivity contribution >= 4 is 10.8 Å². The predicted octanol–water partition coefficient (Wildman–Crippen LogP) is 4.64. The lowest BCUT2D eigenvalue weighted by atomic mass is 9.87. The molecule has 0 aromatic heterocycles. The molecular weight excluding hydrogens is 304 g/mol. The second kappa shape index (κ2) is 7.41. The summed E-state index contributed by atoms with van der Waals surface area (Å²) in [6.45, 7) is 8.36. The highest BCUT2D eigenvalue weighted by atomic mass is 32.2. The van der Waals surface area contributed by atoms with Gasteiger partial charge < -0.3 is 5.11 Å². The fraction of sp³-hybridized carbons (Fsp3) is 0.400. The van der Waals surface area contributed by atoms with Crippen molar-refractivity contribution in [3.8, 4) is 0 Å². The van der Waals surface area contributed by atoms with Gasteiger partial charge in [0.1, 0.15) is 0 Å². The molecule has 23 heavy (non-hydrogen) atoms. The van der Waals surface area contributed by atoms with Crippen LogP contribution in [0.25, 0.3) is 0 Å². The van der Waals surface area contributed by atoms with Crippen LogP contribution in [0.1, 0.15) is 44.4 Å². The maximum Gasteiger partial charge on any atom is 0.0937 e. The molecule has 3 atom stereocenters. The first kappa shape index (κ1) is 17.9. The van der Waals surface area contributed by atoms with Gasteiger partial charge in [0.15, 0.2) is 0 Å². The van der Waals surface area contributed by atoms with Gasteiger partial charge in [-0.15, -0.1) is 0 Å². The molecule has 2 aromatic carbocycles. The summed E-state index contributed by atoms with van der Waals surface area (Å²) in [6.07, 6.45) is -0.0543. The third-order valence-corrected chi connectivity index (χ3v) is 5.55. The average Bonchev–Trinajstić information content (AvgIpc) is 2.52. The molecule has 2 nitrogen and oxygen atoms in total. The molecule has 0 saturated carbocycles. The molecule has 0 unspecified atom stereocenters. The van der Waals surface area contributed by atoms with Crippen LogP contribution in [0.3, 0.4) is 0 Å². The maximum absolute atomic E-state index is 13.1. The third-order valence-electron chi connectivity index (χ3n) is 3.84. The molecular formula is C20H26O2S. The van der Waals surface area contributed by atoms with E-state index in [1.807, 2.05) is 61.5 Å². The van der Waals surface area contributed by atoms with E-state index in [4.69, 9.17) is 0 Å². The van der Waals surface area contributed by atoms with Crippen LogP contribution in [0.15, 0.2) is 59.5 Å². The van der Waals surface area contributed by atoms with Gasteiger partial charge in [0.05, 0.1) is 22.2 Å². The van der Waals surface area contributed by atoms with Gasteiger partial charge in [-0.25, -0.2) is 0 Å². The van der Waals surface area contributed by atoms with Crippen molar-refractivity contribution in [1.29, 1.82) is 0 Å². The van der Waals surface area contributed by atoms with Gasteiger partial charge in [0.2, 0.25) is 0 Å². The molecule has 0 aliphatic carbocycles. The van der Waals surface area contributed by atoms with Crippen LogP contribution >= 0.6 is 0 Å². The summed E-state index contributed by atoms with van der Waals surface area (Å²) in [4.78, 5) is 0.778. The summed E-state index contributed by atoms with van der Waals surface area (Å²) in [7, 11) is -1.26. The zero-order valence-corrected chi connectivity index (χ0v) is 15.1. The highest BCUT2D eigenvalue weighted by Crippen LogP contribution is 2.33. The van der Waals surface area contributed by atoms with Crippen molar-refractivity contribution in [2.24, 2.45) is 5.41 Å². The highest BCUT2D eigenvalue weighted by molar-refractivity contribution is 7.85. The monoisotopic (exact) mass is 330 g/mol. The molecule has 0 saturated heterocycles. The largest absolute Gasteiger partial charge is 0.387 e. The Balaban J connectivity index is 2.33. The lowest BCUT2D eigenvalue weighted by Crippen LogP contribution is -2.29. The maximum atomic E-state index is 13.1. The number of benzene rings is 2. The molecule has 124 valence electrons. The summed E-state index contributed by atoms with van der Waals surface area (Å²) in [5.74, 6) is 0. The molecule has 0 heterocycles. The minimum absolute atomic E-state index is 0.0131. The van der Waals surface area contributed by atoms with Crippen LogP contribution in [0, 0.1) is 12.3 Å². The van der Waals surface area contributed by atoms with Crippen LogP contribution in [-0.2, 0) is 10.8 Å². The third kappa shape index (κ3) is 5.02. The summed E-state index contributed by atoms with van der Waals surface area (Å²) >= 11 is 0. The SMILES string of the molecule is Cc1ccc([S@](=O)[C@H](CC(C)(C)C)[C@@H](O)c2ccccc2)cc1. The lowest BCUT2D eigenvalue weighted by Gasteiger charge is -2.29. The Morgan fingerprint density at radius 2 is 1.57 bits per heavy atom. The Kier molecular flexibility index (Phi) is 5.77. The van der Waals surface area contributed by atoms with Crippen LogP contribution < -0.4 is 0 Å². The van der Waals surface area contributed by atoms with Gasteiger partial charge in [-0.05, 0) is 36.5 Å². The quantitative estimate of drug-likeness (QED) is 0.867. The first-order valence-corrected chi connectivity index (χ1v) is 9.19. The summed E-state index contributed by atoms with van der Waals surface area (Å²) in [6, 6.07) is 17.3. The van der Waals surface area contributed by atoms with Gasteiger partial charge in [0.25, 0.3) is 0 Å². The summed E-state index contributed by atoms with van der Waals surface area (Å²) < 4.78 is 13.1. The fourth-order valence-electron chi connectivity index (χ4n) is 2.62. The fourth-order valence-corrected chi connectivity index (χ4v) is 4.42. The van der Waals surface area contributed by atoms with E-state index in [9.17, 15) is 9.32 Å². The molecule has 0 spiro atoms. The molecule has 1 N–H and O–H groups in total. The molecule has 2 aromatic rings. The molecule has 0 aliphatic rings. The van der Waals surface area contributed by atoms with E-state index in [1.165, 1.54) is 0 Å². The van der Waals surface area contributed by atoms with E-state index in [0.717, 1.165) is 16.0 Å². The Hall–Kier alpha value is -1.45. The van der Waals surface area contributed by atoms with Crippen molar-refractivity contribution in [3.05, 3.63) is 65.7 Å². The second-order valence-corrected chi connectivity index (χ2v) is 8.94. The molecule has 0 radical (unpaired) electrons. The number of aryl methyl sites for hydroxylation is 1. The topological polar surface area (TPSA) is 37.3 Å². The van der Waals surface area contributed by atoms with Crippen LogP contribution in [0.4, 0.5) is 0 Å². The Morgan fingerprint density at radius 1 is 1.00 bits per heavy atom. The van der Waals surface area contributed by atoms with Crippen LogP contribution in [0.5, 0.6) is 0 Å². The zero-order chi connectivity index (χ0) is 17.0. The number of rotatable bonds is 5. The summed E-state index contributed by atoms with van der Waals surface area (Å²) in [5.41, 5.74) is 1.95. The first-order valence-electron chi connectivity index (χ1n) is 7.98. The summed E-state index contributed by atoms with van der Waals surface area (Å²) in [5, 5.41) is 10.5. The molecule has 3 heteroatoms. The number of hydrogen-bond acceptors (Lipinski definition) is 2. The number of aliphatic hydroxyl groups is 1. The van der Waals surface area contributed by atoms with Gasteiger partial charge in [0, 0.05) is 4.90 Å². The molecule has 0 bridgehead atoms. The van der Waals surface area contributed by atoms with Crippen molar-refractivity contribution in [2.45, 2.75) is 50.4 Å². The second-order valence-electron chi connectivity index (χ2n) is 7.27. The zero-order valence-electron chi connectivity index (χ0n) is 14.3. The highest BCUT2D eigenvalue weighted by Gasteiger charge is 2.31. The first-order chi connectivity index (χ1) is 10.8. The minimum Gasteiger partial charge on any atom is -0.387 e. The average molecular weight is 330 g/mol. The van der Waals surface area contributed by atoms with E-state index < -0.39 is 16.9 Å². The van der Waals surface area contributed by atoms with E-state index in [0.29, 0.717) is 6.42 Å². The van der Waals surface area contributed by atoms with Crippen molar-refractivity contribution < 1.29 is 9.32 Å². The van der Waals surface area contributed by atoms with E-state index >= 15 is 0 Å². The predicted molar refractivity (Wildman–Crippen MR) is 96.8 cm³/mol. The Morgan fingerprint density at radius 3 is 2.09 bits per heavy atom. The van der Waals surface area contributed by atoms with E-state index in [1.54, 1.807) is 0 Å². The van der Waals surface area contributed by atoms with Gasteiger partial charge >= 0.3 is 0 Å². The number of hydrogen-bond donors (Lipinski definition) is 1. The molecule has 0 amide bonds. The Bertz CT molecular complexity index is 642. The normalized spacial score (nSPS) is 15.9. The van der Waals surface area contributed by atoms with Crippen molar-refractivity contribution in [1.82, 2.24) is 0 Å². The van der Waals surface area contributed by atoms with Gasteiger partial charge in [-0.2, -0.15) is 0 Å². The molecule has 2 rings (SSSR count). The van der Waals surface area contributed by atoms with Crippen LogP contribution in [-0.4, -0.2) is 14.6 Å². The van der Waals surface area contributed by atoms with E-state index in [-0.39, 0.29) is 10.7 Å². The number of aliphatic hydroxyl groups excluding tert-OH is 1. The Labute approximate surface area is 142 Å². The molecule has 0 fully saturated rings. The smallest absolute Gasteiger partial charge is 0.0937 e. The van der Waals surface area contributed by atoms with Crippen molar-refractivity contribution in [2.75, 3.05) is 0 Å². The van der Waals surface area contributed by atoms with E-state index in [2.05, 4.69) is 20.8 Å². The van der Waals surface area contributed by atoms with Crippen LogP contribution in [0.2, 0.25) is 0 Å². The minimum atomic E-state index is -1.26.